The fourth-order valence-electron chi connectivity index (χ4n) is 2.10. The lowest BCUT2D eigenvalue weighted by Gasteiger charge is -2.10. The Balaban J connectivity index is 1.84. The molecule has 2 nitrogen and oxygen atoms in total. The molecular formula is C17H14ClNO. The van der Waals surface area contributed by atoms with E-state index in [2.05, 4.69) is 0 Å². The molecule has 3 rings (SSSR count). The molecule has 0 fully saturated rings. The molecule has 3 aromatic carbocycles. The number of rotatable bonds is 3. The van der Waals surface area contributed by atoms with E-state index in [1.807, 2.05) is 60.7 Å². The molecule has 0 aliphatic heterocycles. The minimum atomic E-state index is 0.471. The van der Waals surface area contributed by atoms with Crippen LogP contribution in [0.15, 0.2) is 60.7 Å². The molecule has 0 aromatic heterocycles. The van der Waals surface area contributed by atoms with E-state index in [9.17, 15) is 0 Å². The largest absolute Gasteiger partial charge is 0.487 e. The minimum Gasteiger partial charge on any atom is -0.487 e. The molecule has 20 heavy (non-hydrogen) atoms. The van der Waals surface area contributed by atoms with Gasteiger partial charge in [0.2, 0.25) is 0 Å². The van der Waals surface area contributed by atoms with Gasteiger partial charge in [-0.25, -0.2) is 0 Å². The topological polar surface area (TPSA) is 35.2 Å². The summed E-state index contributed by atoms with van der Waals surface area (Å²) in [6.45, 7) is 0.471. The third-order valence-corrected chi connectivity index (χ3v) is 3.59. The van der Waals surface area contributed by atoms with Crippen LogP contribution in [0.5, 0.6) is 5.75 Å². The zero-order valence-electron chi connectivity index (χ0n) is 10.8. The van der Waals surface area contributed by atoms with E-state index in [0.717, 1.165) is 22.0 Å². The van der Waals surface area contributed by atoms with Crippen LogP contribution in [0.1, 0.15) is 5.56 Å². The third-order valence-electron chi connectivity index (χ3n) is 3.20. The first kappa shape index (κ1) is 12.8. The van der Waals surface area contributed by atoms with E-state index < -0.39 is 0 Å². The summed E-state index contributed by atoms with van der Waals surface area (Å²) in [5, 5.41) is 2.76. The Hall–Kier alpha value is -2.19. The zero-order valence-corrected chi connectivity index (χ0v) is 11.6. The van der Waals surface area contributed by atoms with Crippen LogP contribution in [-0.2, 0) is 6.61 Å². The average Bonchev–Trinajstić information content (AvgIpc) is 2.49. The predicted molar refractivity (Wildman–Crippen MR) is 84.1 cm³/mol. The summed E-state index contributed by atoms with van der Waals surface area (Å²) in [7, 11) is 0. The molecular weight excluding hydrogens is 270 g/mol. The Morgan fingerprint density at radius 2 is 1.65 bits per heavy atom. The van der Waals surface area contributed by atoms with Gasteiger partial charge in [-0.05, 0) is 29.1 Å². The summed E-state index contributed by atoms with van der Waals surface area (Å²) in [6.07, 6.45) is 0. The number of fused-ring (bicyclic) bond motifs is 1. The standard InChI is InChI=1S/C17H14ClNO/c18-17-15-4-2-1-3-13(15)7-10-16(17)20-11-12-5-8-14(19)9-6-12/h1-10H,11,19H2. The maximum absolute atomic E-state index is 6.39. The molecule has 0 radical (unpaired) electrons. The Morgan fingerprint density at radius 1 is 0.900 bits per heavy atom. The smallest absolute Gasteiger partial charge is 0.139 e. The van der Waals surface area contributed by atoms with Crippen molar-refractivity contribution in [2.24, 2.45) is 0 Å². The number of ether oxygens (including phenoxy) is 1. The summed E-state index contributed by atoms with van der Waals surface area (Å²) in [5.74, 6) is 0.696. The summed E-state index contributed by atoms with van der Waals surface area (Å²) < 4.78 is 5.80. The Labute approximate surface area is 122 Å². The molecule has 0 heterocycles. The maximum Gasteiger partial charge on any atom is 0.139 e. The lowest BCUT2D eigenvalue weighted by Crippen LogP contribution is -1.96. The quantitative estimate of drug-likeness (QED) is 0.710. The van der Waals surface area contributed by atoms with Crippen LogP contribution in [0.25, 0.3) is 10.8 Å². The molecule has 0 aliphatic carbocycles. The lowest BCUT2D eigenvalue weighted by atomic mass is 10.1. The highest BCUT2D eigenvalue weighted by atomic mass is 35.5. The van der Waals surface area contributed by atoms with Crippen molar-refractivity contribution in [3.63, 3.8) is 0 Å². The SMILES string of the molecule is Nc1ccc(COc2ccc3ccccc3c2Cl)cc1. The molecule has 0 aliphatic rings. The van der Waals surface area contributed by atoms with E-state index in [4.69, 9.17) is 22.1 Å². The molecule has 3 heteroatoms. The predicted octanol–water partition coefficient (Wildman–Crippen LogP) is 4.65. The van der Waals surface area contributed by atoms with Crippen LogP contribution in [0, 0.1) is 0 Å². The second kappa shape index (κ2) is 5.43. The van der Waals surface area contributed by atoms with Gasteiger partial charge in [0, 0.05) is 11.1 Å². The highest BCUT2D eigenvalue weighted by Crippen LogP contribution is 2.33. The van der Waals surface area contributed by atoms with Gasteiger partial charge in [-0.3, -0.25) is 0 Å². The van der Waals surface area contributed by atoms with Crippen LogP contribution in [-0.4, -0.2) is 0 Å². The van der Waals surface area contributed by atoms with Crippen LogP contribution in [0.2, 0.25) is 5.02 Å². The van der Waals surface area contributed by atoms with Crippen molar-refractivity contribution in [2.45, 2.75) is 6.61 Å². The van der Waals surface area contributed by atoms with Crippen molar-refractivity contribution in [3.8, 4) is 5.75 Å². The lowest BCUT2D eigenvalue weighted by molar-refractivity contribution is 0.307. The highest BCUT2D eigenvalue weighted by Gasteiger charge is 2.06. The monoisotopic (exact) mass is 283 g/mol. The molecule has 0 atom stereocenters. The molecule has 3 aromatic rings. The molecule has 0 bridgehead atoms. The fraction of sp³-hybridized carbons (Fsp3) is 0.0588. The first-order valence-electron chi connectivity index (χ1n) is 6.38. The number of anilines is 1. The first-order chi connectivity index (χ1) is 9.74. The number of nitrogen functional groups attached to an aromatic ring is 1. The van der Waals surface area contributed by atoms with Gasteiger partial charge in [0.25, 0.3) is 0 Å². The van der Waals surface area contributed by atoms with Gasteiger partial charge in [0.1, 0.15) is 12.4 Å². The van der Waals surface area contributed by atoms with E-state index >= 15 is 0 Å². The fourth-order valence-corrected chi connectivity index (χ4v) is 2.39. The van der Waals surface area contributed by atoms with Crippen molar-refractivity contribution in [3.05, 3.63) is 71.2 Å². The maximum atomic E-state index is 6.39. The zero-order chi connectivity index (χ0) is 13.9. The van der Waals surface area contributed by atoms with Gasteiger partial charge in [0.15, 0.2) is 0 Å². The Kier molecular flexibility index (Phi) is 3.48. The number of halogens is 1. The Bertz CT molecular complexity index is 738. The van der Waals surface area contributed by atoms with Gasteiger partial charge in [-0.15, -0.1) is 0 Å². The molecule has 100 valence electrons. The summed E-state index contributed by atoms with van der Waals surface area (Å²) in [6, 6.07) is 19.5. The minimum absolute atomic E-state index is 0.471. The van der Waals surface area contributed by atoms with E-state index in [1.165, 1.54) is 0 Å². The summed E-state index contributed by atoms with van der Waals surface area (Å²) >= 11 is 6.39. The van der Waals surface area contributed by atoms with Crippen molar-refractivity contribution in [1.29, 1.82) is 0 Å². The van der Waals surface area contributed by atoms with E-state index in [1.54, 1.807) is 0 Å². The molecule has 0 amide bonds. The average molecular weight is 284 g/mol. The van der Waals surface area contributed by atoms with E-state index in [-0.39, 0.29) is 0 Å². The van der Waals surface area contributed by atoms with Crippen molar-refractivity contribution >= 4 is 28.1 Å². The number of nitrogens with two attached hydrogens (primary N) is 1. The van der Waals surface area contributed by atoms with Crippen LogP contribution in [0.4, 0.5) is 5.69 Å². The van der Waals surface area contributed by atoms with E-state index in [0.29, 0.717) is 17.4 Å². The summed E-state index contributed by atoms with van der Waals surface area (Å²) in [4.78, 5) is 0. The van der Waals surface area contributed by atoms with Crippen LogP contribution >= 0.6 is 11.6 Å². The van der Waals surface area contributed by atoms with Crippen molar-refractivity contribution in [1.82, 2.24) is 0 Å². The molecule has 0 spiro atoms. The van der Waals surface area contributed by atoms with Crippen LogP contribution < -0.4 is 10.5 Å². The second-order valence-corrected chi connectivity index (χ2v) is 5.01. The molecule has 0 unspecified atom stereocenters. The summed E-state index contributed by atoms with van der Waals surface area (Å²) in [5.41, 5.74) is 7.46. The number of hydrogen-bond donors (Lipinski definition) is 1. The van der Waals surface area contributed by atoms with Crippen molar-refractivity contribution in [2.75, 3.05) is 5.73 Å². The van der Waals surface area contributed by atoms with Gasteiger partial charge in [-0.1, -0.05) is 54.1 Å². The van der Waals surface area contributed by atoms with Gasteiger partial charge in [0.05, 0.1) is 5.02 Å². The van der Waals surface area contributed by atoms with Gasteiger partial charge in [-0.2, -0.15) is 0 Å². The van der Waals surface area contributed by atoms with Gasteiger partial charge < -0.3 is 10.5 Å². The first-order valence-corrected chi connectivity index (χ1v) is 6.76. The molecule has 0 saturated carbocycles. The van der Waals surface area contributed by atoms with Gasteiger partial charge >= 0.3 is 0 Å². The van der Waals surface area contributed by atoms with Crippen molar-refractivity contribution < 1.29 is 4.74 Å². The van der Waals surface area contributed by atoms with Crippen LogP contribution in [0.3, 0.4) is 0 Å². The Morgan fingerprint density at radius 3 is 2.45 bits per heavy atom. The molecule has 0 saturated heterocycles. The number of hydrogen-bond acceptors (Lipinski definition) is 2. The third kappa shape index (κ3) is 2.56. The second-order valence-electron chi connectivity index (χ2n) is 4.63. The molecule has 2 N–H and O–H groups in total. The highest BCUT2D eigenvalue weighted by molar-refractivity contribution is 6.37. The number of benzene rings is 3. The normalized spacial score (nSPS) is 10.7.